The Labute approximate surface area is 101 Å². The number of benzene rings is 1. The average molecular weight is 241 g/mol. The van der Waals surface area contributed by atoms with Crippen LogP contribution in [-0.4, -0.2) is 18.5 Å². The molecule has 4 heteroatoms. The monoisotopic (exact) mass is 240 g/mol. The van der Waals surface area contributed by atoms with E-state index in [0.29, 0.717) is 23.0 Å². The van der Waals surface area contributed by atoms with Gasteiger partial charge in [-0.2, -0.15) is 0 Å². The first-order valence-electron chi connectivity index (χ1n) is 5.31. The van der Waals surface area contributed by atoms with E-state index < -0.39 is 0 Å². The predicted octanol–water partition coefficient (Wildman–Crippen LogP) is 2.05. The van der Waals surface area contributed by atoms with Gasteiger partial charge in [0.1, 0.15) is 0 Å². The van der Waals surface area contributed by atoms with E-state index in [1.165, 1.54) is 0 Å². The van der Waals surface area contributed by atoms with Gasteiger partial charge in [0.25, 0.3) is 5.91 Å². The molecule has 0 aliphatic carbocycles. The number of nitrogens with two attached hydrogens (primary N) is 1. The number of carbonyl (C=O) groups is 1. The summed E-state index contributed by atoms with van der Waals surface area (Å²) in [6.07, 6.45) is 0. The van der Waals surface area contributed by atoms with Crippen LogP contribution in [0.2, 0.25) is 5.02 Å². The molecule has 0 heterocycles. The number of amides is 1. The molecule has 0 fully saturated rings. The molecule has 0 aliphatic rings. The quantitative estimate of drug-likeness (QED) is 0.847. The van der Waals surface area contributed by atoms with Gasteiger partial charge in [0, 0.05) is 12.6 Å². The van der Waals surface area contributed by atoms with Gasteiger partial charge in [-0.05, 0) is 18.1 Å². The molecule has 3 N–H and O–H groups in total. The summed E-state index contributed by atoms with van der Waals surface area (Å²) in [5.74, 6) is 0.131. The normalized spacial score (nSPS) is 12.6. The summed E-state index contributed by atoms with van der Waals surface area (Å²) in [6, 6.07) is 6.95. The Morgan fingerprint density at radius 2 is 2.06 bits per heavy atom. The van der Waals surface area contributed by atoms with Crippen molar-refractivity contribution in [2.45, 2.75) is 19.9 Å². The van der Waals surface area contributed by atoms with E-state index >= 15 is 0 Å². The molecule has 1 amide bonds. The maximum atomic E-state index is 11.9. The second-order valence-electron chi connectivity index (χ2n) is 4.04. The maximum absolute atomic E-state index is 11.9. The first kappa shape index (κ1) is 13.0. The van der Waals surface area contributed by atoms with Crippen LogP contribution in [0.5, 0.6) is 0 Å². The molecule has 0 bridgehead atoms. The van der Waals surface area contributed by atoms with Crippen LogP contribution < -0.4 is 11.1 Å². The molecule has 16 heavy (non-hydrogen) atoms. The third kappa shape index (κ3) is 3.22. The molecule has 0 aromatic heterocycles. The molecule has 0 saturated carbocycles. The van der Waals surface area contributed by atoms with Gasteiger partial charge in [-0.3, -0.25) is 4.79 Å². The van der Waals surface area contributed by atoms with E-state index in [-0.39, 0.29) is 11.9 Å². The van der Waals surface area contributed by atoms with Crippen LogP contribution in [-0.2, 0) is 0 Å². The molecule has 1 rings (SSSR count). The van der Waals surface area contributed by atoms with E-state index in [1.807, 2.05) is 13.8 Å². The Bertz CT molecular complexity index is 366. The first-order chi connectivity index (χ1) is 7.56. The van der Waals surface area contributed by atoms with E-state index in [4.69, 9.17) is 17.3 Å². The van der Waals surface area contributed by atoms with E-state index in [2.05, 4.69) is 5.32 Å². The molecular formula is C12H17ClN2O. The Hall–Kier alpha value is -1.06. The van der Waals surface area contributed by atoms with Crippen LogP contribution in [0.15, 0.2) is 24.3 Å². The van der Waals surface area contributed by atoms with Crippen molar-refractivity contribution >= 4 is 17.5 Å². The van der Waals surface area contributed by atoms with Gasteiger partial charge in [0.05, 0.1) is 10.6 Å². The van der Waals surface area contributed by atoms with Crippen molar-refractivity contribution in [1.29, 1.82) is 0 Å². The Morgan fingerprint density at radius 1 is 1.44 bits per heavy atom. The highest BCUT2D eigenvalue weighted by Crippen LogP contribution is 2.15. The summed E-state index contributed by atoms with van der Waals surface area (Å²) in [7, 11) is 0. The molecule has 0 radical (unpaired) electrons. The van der Waals surface area contributed by atoms with Crippen molar-refractivity contribution < 1.29 is 4.79 Å². The standard InChI is InChI=1S/C12H17ClN2O/c1-8(2)11(7-14)15-12(16)9-5-3-4-6-10(9)13/h3-6,8,11H,7,14H2,1-2H3,(H,15,16). The minimum atomic E-state index is -0.172. The van der Waals surface area contributed by atoms with Gasteiger partial charge < -0.3 is 11.1 Å². The zero-order chi connectivity index (χ0) is 12.1. The van der Waals surface area contributed by atoms with Gasteiger partial charge in [0.15, 0.2) is 0 Å². The molecular weight excluding hydrogens is 224 g/mol. The lowest BCUT2D eigenvalue weighted by Crippen LogP contribution is -2.43. The number of rotatable bonds is 4. The summed E-state index contributed by atoms with van der Waals surface area (Å²) >= 11 is 5.93. The predicted molar refractivity (Wildman–Crippen MR) is 66.6 cm³/mol. The Kier molecular flexibility index (Phi) is 4.77. The maximum Gasteiger partial charge on any atom is 0.253 e. The SMILES string of the molecule is CC(C)C(CN)NC(=O)c1ccccc1Cl. The lowest BCUT2D eigenvalue weighted by Gasteiger charge is -2.20. The number of carbonyl (C=O) groups excluding carboxylic acids is 1. The zero-order valence-corrected chi connectivity index (χ0v) is 10.3. The highest BCUT2D eigenvalue weighted by molar-refractivity contribution is 6.33. The van der Waals surface area contributed by atoms with Crippen LogP contribution in [0.4, 0.5) is 0 Å². The van der Waals surface area contributed by atoms with Crippen molar-refractivity contribution in [3.8, 4) is 0 Å². The van der Waals surface area contributed by atoms with Crippen LogP contribution in [0.1, 0.15) is 24.2 Å². The minimum Gasteiger partial charge on any atom is -0.348 e. The fourth-order valence-corrected chi connectivity index (χ4v) is 1.61. The van der Waals surface area contributed by atoms with E-state index in [1.54, 1.807) is 24.3 Å². The lowest BCUT2D eigenvalue weighted by molar-refractivity contribution is 0.0928. The lowest BCUT2D eigenvalue weighted by atomic mass is 10.0. The summed E-state index contributed by atoms with van der Waals surface area (Å²) in [6.45, 7) is 4.46. The van der Waals surface area contributed by atoms with Crippen molar-refractivity contribution in [2.75, 3.05) is 6.54 Å². The van der Waals surface area contributed by atoms with Gasteiger partial charge in [-0.15, -0.1) is 0 Å². The molecule has 0 saturated heterocycles. The summed E-state index contributed by atoms with van der Waals surface area (Å²) in [5.41, 5.74) is 6.08. The molecule has 3 nitrogen and oxygen atoms in total. The van der Waals surface area contributed by atoms with Gasteiger partial charge in [0.2, 0.25) is 0 Å². The number of hydrogen-bond donors (Lipinski definition) is 2. The Morgan fingerprint density at radius 3 is 2.56 bits per heavy atom. The van der Waals surface area contributed by atoms with E-state index in [0.717, 1.165) is 0 Å². The Balaban J connectivity index is 2.76. The molecule has 1 aromatic carbocycles. The van der Waals surface area contributed by atoms with Gasteiger partial charge >= 0.3 is 0 Å². The van der Waals surface area contributed by atoms with E-state index in [9.17, 15) is 4.79 Å². The number of halogens is 1. The second-order valence-corrected chi connectivity index (χ2v) is 4.45. The smallest absolute Gasteiger partial charge is 0.253 e. The van der Waals surface area contributed by atoms with Crippen LogP contribution in [0.3, 0.4) is 0 Å². The van der Waals surface area contributed by atoms with Crippen molar-refractivity contribution in [3.05, 3.63) is 34.9 Å². The van der Waals surface area contributed by atoms with Crippen LogP contribution in [0.25, 0.3) is 0 Å². The highest BCUT2D eigenvalue weighted by Gasteiger charge is 2.16. The molecule has 1 atom stereocenters. The molecule has 1 aromatic rings. The van der Waals surface area contributed by atoms with Gasteiger partial charge in [-0.1, -0.05) is 37.6 Å². The topological polar surface area (TPSA) is 55.1 Å². The molecule has 0 aliphatic heterocycles. The van der Waals surface area contributed by atoms with Gasteiger partial charge in [-0.25, -0.2) is 0 Å². The molecule has 0 spiro atoms. The zero-order valence-electron chi connectivity index (χ0n) is 9.53. The number of nitrogens with one attached hydrogen (secondary N) is 1. The molecule has 88 valence electrons. The summed E-state index contributed by atoms with van der Waals surface area (Å²) in [5, 5.41) is 3.33. The van der Waals surface area contributed by atoms with Crippen LogP contribution >= 0.6 is 11.6 Å². The first-order valence-corrected chi connectivity index (χ1v) is 5.69. The third-order valence-corrected chi connectivity index (χ3v) is 2.82. The fourth-order valence-electron chi connectivity index (χ4n) is 1.39. The number of hydrogen-bond acceptors (Lipinski definition) is 2. The average Bonchev–Trinajstić information content (AvgIpc) is 2.25. The third-order valence-electron chi connectivity index (χ3n) is 2.49. The highest BCUT2D eigenvalue weighted by atomic mass is 35.5. The molecule has 1 unspecified atom stereocenters. The summed E-state index contributed by atoms with van der Waals surface area (Å²) < 4.78 is 0. The van der Waals surface area contributed by atoms with Crippen molar-refractivity contribution in [1.82, 2.24) is 5.32 Å². The second kappa shape index (κ2) is 5.87. The van der Waals surface area contributed by atoms with Crippen molar-refractivity contribution in [2.24, 2.45) is 11.7 Å². The fraction of sp³-hybridized carbons (Fsp3) is 0.417. The minimum absolute atomic E-state index is 0.0243. The summed E-state index contributed by atoms with van der Waals surface area (Å²) in [4.78, 5) is 11.9. The van der Waals surface area contributed by atoms with Crippen molar-refractivity contribution in [3.63, 3.8) is 0 Å². The van der Waals surface area contributed by atoms with Crippen LogP contribution in [0, 0.1) is 5.92 Å². The largest absolute Gasteiger partial charge is 0.348 e.